The van der Waals surface area contributed by atoms with E-state index in [-0.39, 0.29) is 6.42 Å². The summed E-state index contributed by atoms with van der Waals surface area (Å²) in [5.74, 6) is -1.15. The molecule has 0 heterocycles. The van der Waals surface area contributed by atoms with Crippen molar-refractivity contribution in [2.45, 2.75) is 12.5 Å². The fourth-order valence-corrected chi connectivity index (χ4v) is 0.700. The lowest BCUT2D eigenvalue weighted by Gasteiger charge is -2.11. The maximum Gasteiger partial charge on any atom is 0.235 e. The number of hydrogen-bond donors (Lipinski definition) is 3. The first-order valence-corrected chi connectivity index (χ1v) is 3.49. The molecule has 0 aliphatic rings. The Kier molecular flexibility index (Phi) is 4.71. The van der Waals surface area contributed by atoms with Crippen molar-refractivity contribution in [2.24, 2.45) is 11.5 Å². The van der Waals surface area contributed by atoms with E-state index in [1.54, 1.807) is 6.08 Å². The van der Waals surface area contributed by atoms with E-state index in [2.05, 4.69) is 11.9 Å². The molecule has 5 heteroatoms. The fraction of sp³-hybridized carbons (Fsp3) is 0.429. The highest BCUT2D eigenvalue weighted by molar-refractivity contribution is 5.86. The van der Waals surface area contributed by atoms with Gasteiger partial charge in [-0.25, -0.2) is 0 Å². The summed E-state index contributed by atoms with van der Waals surface area (Å²) >= 11 is 0. The average molecular weight is 171 g/mol. The number of amides is 2. The van der Waals surface area contributed by atoms with Crippen molar-refractivity contribution in [3.63, 3.8) is 0 Å². The van der Waals surface area contributed by atoms with Crippen LogP contribution in [-0.4, -0.2) is 24.4 Å². The van der Waals surface area contributed by atoms with E-state index < -0.39 is 17.9 Å². The minimum absolute atomic E-state index is 0.0802. The van der Waals surface area contributed by atoms with Gasteiger partial charge in [0.1, 0.15) is 0 Å². The molecule has 5 nitrogen and oxygen atoms in total. The van der Waals surface area contributed by atoms with Crippen LogP contribution in [0.4, 0.5) is 0 Å². The minimum atomic E-state index is -0.694. The molecule has 0 fully saturated rings. The van der Waals surface area contributed by atoms with Gasteiger partial charge in [0.05, 0.1) is 12.5 Å². The Morgan fingerprint density at radius 3 is 2.42 bits per heavy atom. The van der Waals surface area contributed by atoms with Crippen molar-refractivity contribution in [3.8, 4) is 0 Å². The van der Waals surface area contributed by atoms with E-state index in [9.17, 15) is 9.59 Å². The van der Waals surface area contributed by atoms with Crippen LogP contribution in [0.15, 0.2) is 12.7 Å². The van der Waals surface area contributed by atoms with E-state index in [1.807, 2.05) is 0 Å². The molecule has 12 heavy (non-hydrogen) atoms. The van der Waals surface area contributed by atoms with Gasteiger partial charge in [0.25, 0.3) is 0 Å². The predicted molar refractivity (Wildman–Crippen MR) is 45.0 cm³/mol. The van der Waals surface area contributed by atoms with E-state index in [1.165, 1.54) is 0 Å². The Bertz CT molecular complexity index is 191. The Morgan fingerprint density at radius 1 is 1.50 bits per heavy atom. The van der Waals surface area contributed by atoms with Crippen molar-refractivity contribution < 1.29 is 9.59 Å². The second kappa shape index (κ2) is 5.31. The zero-order chi connectivity index (χ0) is 9.56. The molecule has 0 aromatic heterocycles. The van der Waals surface area contributed by atoms with Crippen molar-refractivity contribution in [1.29, 1.82) is 0 Å². The third kappa shape index (κ3) is 4.45. The first-order chi connectivity index (χ1) is 5.57. The van der Waals surface area contributed by atoms with E-state index >= 15 is 0 Å². The maximum atomic E-state index is 10.7. The molecule has 0 saturated carbocycles. The van der Waals surface area contributed by atoms with Crippen LogP contribution in [0, 0.1) is 0 Å². The molecule has 0 spiro atoms. The lowest BCUT2D eigenvalue weighted by atomic mass is 10.2. The molecule has 0 aliphatic heterocycles. The Hall–Kier alpha value is -1.36. The van der Waals surface area contributed by atoms with Crippen LogP contribution in [0.5, 0.6) is 0 Å². The highest BCUT2D eigenvalue weighted by Gasteiger charge is 2.15. The van der Waals surface area contributed by atoms with Gasteiger partial charge in [-0.05, 0) is 0 Å². The van der Waals surface area contributed by atoms with E-state index in [4.69, 9.17) is 11.5 Å². The number of primary amides is 2. The van der Waals surface area contributed by atoms with Crippen LogP contribution in [0.3, 0.4) is 0 Å². The average Bonchev–Trinajstić information content (AvgIpc) is 1.96. The van der Waals surface area contributed by atoms with Crippen LogP contribution in [0.2, 0.25) is 0 Å². The van der Waals surface area contributed by atoms with Crippen molar-refractivity contribution in [1.82, 2.24) is 5.32 Å². The third-order valence-corrected chi connectivity index (χ3v) is 1.26. The summed E-state index contributed by atoms with van der Waals surface area (Å²) in [6, 6.07) is -0.694. The lowest BCUT2D eigenvalue weighted by Crippen LogP contribution is -2.43. The molecule has 0 rings (SSSR count). The summed E-state index contributed by atoms with van der Waals surface area (Å²) in [4.78, 5) is 21.1. The Labute approximate surface area is 70.8 Å². The standard InChI is InChI=1S/C7H13N3O2/c1-2-3-10-5(7(9)12)4-6(8)11/h2,5,10H,1,3-4H2,(H2,8,11)(H2,9,12). The zero-order valence-corrected chi connectivity index (χ0v) is 6.75. The highest BCUT2D eigenvalue weighted by atomic mass is 16.2. The molecule has 0 bridgehead atoms. The lowest BCUT2D eigenvalue weighted by molar-refractivity contribution is -0.125. The molecule has 1 unspecified atom stereocenters. The fourth-order valence-electron chi connectivity index (χ4n) is 0.700. The van der Waals surface area contributed by atoms with Crippen LogP contribution in [0.1, 0.15) is 6.42 Å². The minimum Gasteiger partial charge on any atom is -0.370 e. The number of carbonyl (C=O) groups is 2. The van der Waals surface area contributed by atoms with Crippen molar-refractivity contribution in [2.75, 3.05) is 6.54 Å². The molecule has 0 aromatic carbocycles. The summed E-state index contributed by atoms with van der Waals surface area (Å²) in [6.45, 7) is 3.86. The van der Waals surface area contributed by atoms with Crippen LogP contribution in [-0.2, 0) is 9.59 Å². The molecule has 2 amide bonds. The van der Waals surface area contributed by atoms with Gasteiger partial charge in [0.2, 0.25) is 11.8 Å². The largest absolute Gasteiger partial charge is 0.370 e. The predicted octanol–water partition coefficient (Wildman–Crippen LogP) is -1.51. The number of hydrogen-bond acceptors (Lipinski definition) is 3. The van der Waals surface area contributed by atoms with Gasteiger partial charge in [-0.1, -0.05) is 6.08 Å². The molecular weight excluding hydrogens is 158 g/mol. The normalized spacial score (nSPS) is 12.0. The number of carbonyl (C=O) groups excluding carboxylic acids is 2. The Balaban J connectivity index is 3.94. The van der Waals surface area contributed by atoms with Crippen LogP contribution in [0.25, 0.3) is 0 Å². The van der Waals surface area contributed by atoms with Crippen molar-refractivity contribution in [3.05, 3.63) is 12.7 Å². The zero-order valence-electron chi connectivity index (χ0n) is 6.75. The summed E-state index contributed by atoms with van der Waals surface area (Å²) in [7, 11) is 0. The number of rotatable bonds is 6. The monoisotopic (exact) mass is 171 g/mol. The van der Waals surface area contributed by atoms with Gasteiger partial charge in [-0.15, -0.1) is 6.58 Å². The third-order valence-electron chi connectivity index (χ3n) is 1.26. The summed E-state index contributed by atoms with van der Waals surface area (Å²) < 4.78 is 0. The first-order valence-electron chi connectivity index (χ1n) is 3.49. The maximum absolute atomic E-state index is 10.7. The van der Waals surface area contributed by atoms with Gasteiger partial charge in [0.15, 0.2) is 0 Å². The first kappa shape index (κ1) is 10.6. The highest BCUT2D eigenvalue weighted by Crippen LogP contribution is 1.89. The molecule has 1 atom stereocenters. The molecule has 5 N–H and O–H groups in total. The summed E-state index contributed by atoms with van der Waals surface area (Å²) in [6.07, 6.45) is 1.49. The van der Waals surface area contributed by atoms with E-state index in [0.717, 1.165) is 0 Å². The van der Waals surface area contributed by atoms with Gasteiger partial charge < -0.3 is 16.8 Å². The van der Waals surface area contributed by atoms with E-state index in [0.29, 0.717) is 6.54 Å². The SMILES string of the molecule is C=CCNC(CC(N)=O)C(N)=O. The smallest absolute Gasteiger partial charge is 0.235 e. The second-order valence-electron chi connectivity index (χ2n) is 2.32. The number of nitrogens with two attached hydrogens (primary N) is 2. The summed E-state index contributed by atoms with van der Waals surface area (Å²) in [5, 5.41) is 2.71. The van der Waals surface area contributed by atoms with Gasteiger partial charge in [0, 0.05) is 6.54 Å². The molecule has 0 aliphatic carbocycles. The van der Waals surface area contributed by atoms with Gasteiger partial charge in [-0.3, -0.25) is 9.59 Å². The summed E-state index contributed by atoms with van der Waals surface area (Å²) in [5.41, 5.74) is 9.87. The van der Waals surface area contributed by atoms with Crippen LogP contribution >= 0.6 is 0 Å². The topological polar surface area (TPSA) is 98.2 Å². The second-order valence-corrected chi connectivity index (χ2v) is 2.32. The molecule has 0 radical (unpaired) electrons. The quantitative estimate of drug-likeness (QED) is 0.424. The number of nitrogens with one attached hydrogen (secondary N) is 1. The van der Waals surface area contributed by atoms with Crippen molar-refractivity contribution >= 4 is 11.8 Å². The molecular formula is C7H13N3O2. The van der Waals surface area contributed by atoms with Gasteiger partial charge >= 0.3 is 0 Å². The molecule has 68 valence electrons. The molecule has 0 aromatic rings. The van der Waals surface area contributed by atoms with Crippen LogP contribution < -0.4 is 16.8 Å². The molecule has 0 saturated heterocycles. The Morgan fingerprint density at radius 2 is 2.08 bits per heavy atom. The van der Waals surface area contributed by atoms with Gasteiger partial charge in [-0.2, -0.15) is 0 Å².